The summed E-state index contributed by atoms with van der Waals surface area (Å²) in [5.41, 5.74) is 0. The third-order valence-corrected chi connectivity index (χ3v) is 4.64. The monoisotopic (exact) mass is 292 g/mol. The Morgan fingerprint density at radius 2 is 1.00 bits per heavy atom. The number of hydrogen-bond donors (Lipinski definition) is 0. The van der Waals surface area contributed by atoms with E-state index in [0.717, 1.165) is 0 Å². The predicted octanol–water partition coefficient (Wildman–Crippen LogP) is 2.62. The van der Waals surface area contributed by atoms with E-state index in [1.165, 1.54) is 0 Å². The van der Waals surface area contributed by atoms with Crippen LogP contribution in [0.25, 0.3) is 0 Å². The molecule has 0 rings (SSSR count). The minimum absolute atomic E-state index is 0.588. The molecule has 0 saturated carbocycles. The van der Waals surface area contributed by atoms with Gasteiger partial charge >= 0.3 is 88.3 Å². The molecule has 0 radical (unpaired) electrons. The second-order valence-electron chi connectivity index (χ2n) is 2.60. The standard InChI is InChI=1S/3C3H6O.Sb/c3*1-3(2)4;/h3*4H,1H2,2H3;/q;;;+3/p-3. The number of rotatable bonds is 6. The van der Waals surface area contributed by atoms with Crippen LogP contribution in [0.1, 0.15) is 20.8 Å². The molecule has 13 heavy (non-hydrogen) atoms. The second-order valence-corrected chi connectivity index (χ2v) is 5.44. The second kappa shape index (κ2) is 5.98. The normalized spacial score (nSPS) is 9.23. The zero-order valence-corrected chi connectivity index (χ0v) is 10.8. The van der Waals surface area contributed by atoms with E-state index in [1.54, 1.807) is 20.8 Å². The summed E-state index contributed by atoms with van der Waals surface area (Å²) in [5, 5.41) is 0. The Balaban J connectivity index is 4.10. The van der Waals surface area contributed by atoms with Gasteiger partial charge in [-0.3, -0.25) is 0 Å². The fourth-order valence-corrected chi connectivity index (χ4v) is 2.94. The zero-order valence-electron chi connectivity index (χ0n) is 8.29. The van der Waals surface area contributed by atoms with Gasteiger partial charge in [0.1, 0.15) is 0 Å². The molecule has 0 bridgehead atoms. The molecule has 0 saturated heterocycles. The van der Waals surface area contributed by atoms with Gasteiger partial charge in [-0.1, -0.05) is 0 Å². The van der Waals surface area contributed by atoms with Crippen LogP contribution in [0.3, 0.4) is 0 Å². The van der Waals surface area contributed by atoms with Gasteiger partial charge < -0.3 is 0 Å². The van der Waals surface area contributed by atoms with Crippen molar-refractivity contribution >= 4 is 21.5 Å². The van der Waals surface area contributed by atoms with Gasteiger partial charge in [0.2, 0.25) is 0 Å². The zero-order chi connectivity index (χ0) is 10.4. The van der Waals surface area contributed by atoms with E-state index in [4.69, 9.17) is 9.05 Å². The van der Waals surface area contributed by atoms with Crippen molar-refractivity contribution in [2.75, 3.05) is 0 Å². The summed E-state index contributed by atoms with van der Waals surface area (Å²) >= 11 is -2.64. The van der Waals surface area contributed by atoms with Gasteiger partial charge in [0.05, 0.1) is 0 Å². The first-order valence-corrected chi connectivity index (χ1v) is 6.85. The Labute approximate surface area is 88.3 Å². The van der Waals surface area contributed by atoms with Crippen LogP contribution in [0.2, 0.25) is 0 Å². The maximum atomic E-state index is 5.29. The van der Waals surface area contributed by atoms with E-state index >= 15 is 0 Å². The van der Waals surface area contributed by atoms with Crippen LogP contribution in [-0.2, 0) is 9.05 Å². The quantitative estimate of drug-likeness (QED) is 0.556. The average Bonchev–Trinajstić information content (AvgIpc) is 1.80. The molecule has 0 aliphatic heterocycles. The third-order valence-electron chi connectivity index (χ3n) is 0.691. The fraction of sp³-hybridized carbons (Fsp3) is 0.333. The Kier molecular flexibility index (Phi) is 5.72. The molecule has 0 spiro atoms. The molecule has 0 amide bonds. The van der Waals surface area contributed by atoms with Crippen molar-refractivity contribution in [1.82, 2.24) is 0 Å². The Hall–Kier alpha value is -0.562. The topological polar surface area (TPSA) is 27.7 Å². The van der Waals surface area contributed by atoms with E-state index in [-0.39, 0.29) is 0 Å². The van der Waals surface area contributed by atoms with Gasteiger partial charge in [0, 0.05) is 0 Å². The van der Waals surface area contributed by atoms with E-state index in [0.29, 0.717) is 17.3 Å². The molecular formula is C9H15O3Sb. The first kappa shape index (κ1) is 12.4. The van der Waals surface area contributed by atoms with Gasteiger partial charge in [-0.15, -0.1) is 0 Å². The van der Waals surface area contributed by atoms with Crippen molar-refractivity contribution in [2.45, 2.75) is 20.8 Å². The van der Waals surface area contributed by atoms with E-state index in [9.17, 15) is 0 Å². The van der Waals surface area contributed by atoms with Crippen LogP contribution < -0.4 is 0 Å². The summed E-state index contributed by atoms with van der Waals surface area (Å²) in [6, 6.07) is 0. The van der Waals surface area contributed by atoms with Gasteiger partial charge in [-0.2, -0.15) is 0 Å². The summed E-state index contributed by atoms with van der Waals surface area (Å²) in [6.45, 7) is 16.1. The Morgan fingerprint density at radius 3 is 1.15 bits per heavy atom. The van der Waals surface area contributed by atoms with Gasteiger partial charge in [-0.25, -0.2) is 0 Å². The van der Waals surface area contributed by atoms with Crippen LogP contribution in [0.4, 0.5) is 0 Å². The Bertz CT molecular complexity index is 185. The molecule has 0 fully saturated rings. The number of hydrogen-bond acceptors (Lipinski definition) is 3. The molecule has 0 N–H and O–H groups in total. The van der Waals surface area contributed by atoms with E-state index < -0.39 is 21.5 Å². The predicted molar refractivity (Wildman–Crippen MR) is 53.5 cm³/mol. The minimum atomic E-state index is -2.64. The van der Waals surface area contributed by atoms with Crippen LogP contribution in [0, 0.1) is 0 Å². The first-order valence-electron chi connectivity index (χ1n) is 3.72. The molecule has 0 aromatic heterocycles. The summed E-state index contributed by atoms with van der Waals surface area (Å²) in [6.07, 6.45) is 0. The van der Waals surface area contributed by atoms with Gasteiger partial charge in [-0.05, 0) is 0 Å². The van der Waals surface area contributed by atoms with E-state index in [1.807, 2.05) is 0 Å². The molecule has 3 nitrogen and oxygen atoms in total. The molecule has 0 aliphatic rings. The first-order chi connectivity index (χ1) is 5.91. The van der Waals surface area contributed by atoms with Gasteiger partial charge in [0.25, 0.3) is 0 Å². The van der Waals surface area contributed by atoms with Crippen LogP contribution in [-0.4, -0.2) is 21.5 Å². The van der Waals surface area contributed by atoms with Crippen molar-refractivity contribution in [2.24, 2.45) is 0 Å². The van der Waals surface area contributed by atoms with Crippen LogP contribution in [0.5, 0.6) is 0 Å². The summed E-state index contributed by atoms with van der Waals surface area (Å²) in [7, 11) is 0. The molecule has 0 heterocycles. The van der Waals surface area contributed by atoms with Crippen molar-refractivity contribution in [3.8, 4) is 0 Å². The third kappa shape index (κ3) is 7.79. The van der Waals surface area contributed by atoms with Crippen LogP contribution in [0.15, 0.2) is 37.0 Å². The fourth-order valence-electron chi connectivity index (χ4n) is 0.438. The van der Waals surface area contributed by atoms with Crippen molar-refractivity contribution in [1.29, 1.82) is 0 Å². The molecule has 0 unspecified atom stereocenters. The van der Waals surface area contributed by atoms with Crippen molar-refractivity contribution < 1.29 is 9.05 Å². The van der Waals surface area contributed by atoms with Gasteiger partial charge in [0.15, 0.2) is 0 Å². The van der Waals surface area contributed by atoms with E-state index in [2.05, 4.69) is 19.7 Å². The van der Waals surface area contributed by atoms with Crippen LogP contribution >= 0.6 is 0 Å². The van der Waals surface area contributed by atoms with Crippen molar-refractivity contribution in [3.63, 3.8) is 0 Å². The molecular weight excluding hydrogens is 278 g/mol. The van der Waals surface area contributed by atoms with Crippen molar-refractivity contribution in [3.05, 3.63) is 37.0 Å². The summed E-state index contributed by atoms with van der Waals surface area (Å²) in [4.78, 5) is 0. The Morgan fingerprint density at radius 1 is 0.769 bits per heavy atom. The molecule has 4 heteroatoms. The molecule has 0 aromatic carbocycles. The summed E-state index contributed by atoms with van der Waals surface area (Å²) in [5.74, 6) is 1.77. The molecule has 0 aliphatic carbocycles. The summed E-state index contributed by atoms with van der Waals surface area (Å²) < 4.78 is 15.9. The number of allylic oxidation sites excluding steroid dienone is 3. The average molecular weight is 293 g/mol. The molecule has 0 atom stereocenters. The molecule has 74 valence electrons. The maximum absolute atomic E-state index is 5.29. The molecule has 0 aromatic rings. The SMILES string of the molecule is C=C(C)[O][Sb]([O]C(=C)C)[O]C(=C)C.